The van der Waals surface area contributed by atoms with Crippen molar-refractivity contribution in [3.8, 4) is 0 Å². The van der Waals surface area contributed by atoms with Gasteiger partial charge in [-0.1, -0.05) is 60.7 Å². The van der Waals surface area contributed by atoms with Crippen LogP contribution in [0.2, 0.25) is 0 Å². The average Bonchev–Trinajstić information content (AvgIpc) is 2.85. The van der Waals surface area contributed by atoms with E-state index in [0.717, 1.165) is 17.3 Å². The number of nitrogens with one attached hydrogen (secondary N) is 2. The Morgan fingerprint density at radius 2 is 1.66 bits per heavy atom. The maximum Gasteiger partial charge on any atom is 0.408 e. The van der Waals surface area contributed by atoms with Crippen molar-refractivity contribution in [2.75, 3.05) is 6.54 Å². The SMILES string of the molecule is N#[N+]/C=C(\O)[C@H](CCCN=C(N)N)NC(=O)[C@H](Cc1ccccc1)NC(=O)OCc1ccccc1. The first-order valence-electron chi connectivity index (χ1n) is 11.0. The Balaban J connectivity index is 2.10. The number of carbonyl (C=O) groups excluding carboxylic acids is 2. The van der Waals surface area contributed by atoms with E-state index in [0.29, 0.717) is 6.42 Å². The fourth-order valence-corrected chi connectivity index (χ4v) is 3.19. The van der Waals surface area contributed by atoms with Crippen LogP contribution in [0, 0.1) is 5.39 Å². The number of guanidine groups is 1. The van der Waals surface area contributed by atoms with Crippen molar-refractivity contribution in [1.82, 2.24) is 10.6 Å². The van der Waals surface area contributed by atoms with E-state index in [1.165, 1.54) is 0 Å². The van der Waals surface area contributed by atoms with Gasteiger partial charge in [0.2, 0.25) is 17.1 Å². The van der Waals surface area contributed by atoms with E-state index < -0.39 is 24.1 Å². The number of carbonyl (C=O) groups is 2. The van der Waals surface area contributed by atoms with E-state index in [9.17, 15) is 14.7 Å². The molecule has 2 atom stereocenters. The molecule has 0 radical (unpaired) electrons. The fourth-order valence-electron chi connectivity index (χ4n) is 3.19. The molecule has 0 aliphatic rings. The third-order valence-corrected chi connectivity index (χ3v) is 4.91. The van der Waals surface area contributed by atoms with Crippen molar-refractivity contribution in [3.05, 3.63) is 88.7 Å². The first-order chi connectivity index (χ1) is 16.9. The summed E-state index contributed by atoms with van der Waals surface area (Å²) in [5, 5.41) is 24.3. The van der Waals surface area contributed by atoms with Crippen molar-refractivity contribution >= 4 is 18.0 Å². The summed E-state index contributed by atoms with van der Waals surface area (Å²) in [6, 6.07) is 16.4. The van der Waals surface area contributed by atoms with E-state index in [1.54, 1.807) is 0 Å². The van der Waals surface area contributed by atoms with Crippen LogP contribution in [0.25, 0.3) is 4.98 Å². The van der Waals surface area contributed by atoms with Crippen molar-refractivity contribution in [1.29, 1.82) is 5.39 Å². The zero-order valence-corrected chi connectivity index (χ0v) is 19.2. The van der Waals surface area contributed by atoms with Gasteiger partial charge < -0.3 is 31.9 Å². The second-order valence-electron chi connectivity index (χ2n) is 7.63. The molecule has 0 fully saturated rings. The minimum absolute atomic E-state index is 0.0430. The van der Waals surface area contributed by atoms with Crippen LogP contribution in [0.1, 0.15) is 24.0 Å². The largest absolute Gasteiger partial charge is 0.504 e. The van der Waals surface area contributed by atoms with Gasteiger partial charge in [-0.25, -0.2) is 4.79 Å². The molecule has 184 valence electrons. The molecule has 7 N–H and O–H groups in total. The Labute approximate surface area is 203 Å². The molecule has 2 aromatic rings. The molecule has 11 heteroatoms. The quantitative estimate of drug-likeness (QED) is 0.102. The number of hydrogen-bond donors (Lipinski definition) is 5. The molecule has 0 saturated carbocycles. The summed E-state index contributed by atoms with van der Waals surface area (Å²) < 4.78 is 5.26. The molecule has 0 bridgehead atoms. The Morgan fingerprint density at radius 1 is 1.03 bits per heavy atom. The molecule has 2 rings (SSSR count). The molecule has 35 heavy (non-hydrogen) atoms. The Kier molecular flexibility index (Phi) is 11.1. The number of nitrogens with zero attached hydrogens (tertiary/aromatic N) is 3. The summed E-state index contributed by atoms with van der Waals surface area (Å²) in [6.07, 6.45) is 0.903. The summed E-state index contributed by atoms with van der Waals surface area (Å²) in [5.74, 6) is -0.997. The normalized spacial score (nSPS) is 12.5. The molecule has 0 spiro atoms. The summed E-state index contributed by atoms with van der Waals surface area (Å²) in [5.41, 5.74) is 12.2. The lowest BCUT2D eigenvalue weighted by Gasteiger charge is -2.22. The van der Waals surface area contributed by atoms with Gasteiger partial charge in [0.25, 0.3) is 0 Å². The highest BCUT2D eigenvalue weighted by Gasteiger charge is 2.27. The number of aliphatic hydroxyl groups excluding tert-OH is 1. The highest BCUT2D eigenvalue weighted by Crippen LogP contribution is 2.10. The fraction of sp³-hybridized carbons (Fsp3) is 0.292. The minimum atomic E-state index is -1.00. The van der Waals surface area contributed by atoms with Crippen molar-refractivity contribution in [3.63, 3.8) is 0 Å². The molecule has 0 aliphatic carbocycles. The first kappa shape index (κ1) is 26.7. The summed E-state index contributed by atoms with van der Waals surface area (Å²) in [4.78, 5) is 32.3. The average molecular weight is 481 g/mol. The molecule has 0 saturated heterocycles. The van der Waals surface area contributed by atoms with E-state index in [-0.39, 0.29) is 37.7 Å². The highest BCUT2D eigenvalue weighted by atomic mass is 16.5. The van der Waals surface area contributed by atoms with Crippen molar-refractivity contribution < 1.29 is 19.4 Å². The van der Waals surface area contributed by atoms with E-state index in [1.807, 2.05) is 60.7 Å². The number of benzene rings is 2. The number of aliphatic hydroxyl groups is 1. The lowest BCUT2D eigenvalue weighted by Crippen LogP contribution is -2.51. The Hall–Kier alpha value is -4.59. The Bertz CT molecular complexity index is 1050. The van der Waals surface area contributed by atoms with Gasteiger partial charge in [-0.05, 0) is 24.0 Å². The predicted molar refractivity (Wildman–Crippen MR) is 131 cm³/mol. The second-order valence-corrected chi connectivity index (χ2v) is 7.63. The molecule has 2 amide bonds. The molecular formula is C24H30N7O4+. The number of amides is 2. The number of alkyl carbamates (subject to hydrolysis) is 1. The summed E-state index contributed by atoms with van der Waals surface area (Å²) >= 11 is 0. The van der Waals surface area contributed by atoms with Gasteiger partial charge in [-0.15, -0.1) is 0 Å². The summed E-state index contributed by atoms with van der Waals surface area (Å²) in [6.45, 7) is 0.317. The van der Waals surface area contributed by atoms with Gasteiger partial charge in [0, 0.05) is 13.0 Å². The minimum Gasteiger partial charge on any atom is -0.504 e. The predicted octanol–water partition coefficient (Wildman–Crippen LogP) is 2.31. The standard InChI is InChI=1S/C24H29N7O4/c25-23(26)28-13-7-12-19(21(32)15-29-27)30-22(33)20(14-17-8-3-1-4-9-17)31-24(34)35-16-18-10-5-2-6-11-18/h1-6,8-11,15,19-20H,7,12-14,16H2,(H6-,25,26,28,30,31,32,33,34)/p+1/b21-15-/t19-,20-/m0/s1. The van der Waals surface area contributed by atoms with Gasteiger partial charge in [-0.3, -0.25) is 9.79 Å². The molecular weight excluding hydrogens is 450 g/mol. The third kappa shape index (κ3) is 10.3. The van der Waals surface area contributed by atoms with Gasteiger partial charge in [0.05, 0.1) is 6.04 Å². The number of rotatable bonds is 12. The third-order valence-electron chi connectivity index (χ3n) is 4.91. The second kappa shape index (κ2) is 14.5. The smallest absolute Gasteiger partial charge is 0.408 e. The van der Waals surface area contributed by atoms with Crippen molar-refractivity contribution in [2.24, 2.45) is 16.5 Å². The number of diazo groups is 1. The van der Waals surface area contributed by atoms with Crippen LogP contribution in [0.3, 0.4) is 0 Å². The van der Waals surface area contributed by atoms with Gasteiger partial charge >= 0.3 is 12.3 Å². The number of nitrogens with two attached hydrogens (primary N) is 2. The monoisotopic (exact) mass is 480 g/mol. The topological polar surface area (TPSA) is 180 Å². The van der Waals surface area contributed by atoms with E-state index in [2.05, 4.69) is 20.6 Å². The van der Waals surface area contributed by atoms with Gasteiger partial charge in [0.1, 0.15) is 12.6 Å². The molecule has 0 unspecified atom stereocenters. The van der Waals surface area contributed by atoms with Crippen molar-refractivity contribution in [2.45, 2.75) is 38.0 Å². The zero-order valence-electron chi connectivity index (χ0n) is 19.2. The van der Waals surface area contributed by atoms with E-state index in [4.69, 9.17) is 21.6 Å². The number of hydrogen-bond acceptors (Lipinski definition) is 6. The highest BCUT2D eigenvalue weighted by molar-refractivity contribution is 5.86. The lowest BCUT2D eigenvalue weighted by atomic mass is 10.0. The van der Waals surface area contributed by atoms with Crippen LogP contribution in [-0.2, 0) is 22.6 Å². The number of ether oxygens (including phenoxy) is 1. The molecule has 0 heterocycles. The summed E-state index contributed by atoms with van der Waals surface area (Å²) in [7, 11) is 0. The molecule has 11 nitrogen and oxygen atoms in total. The van der Waals surface area contributed by atoms with Gasteiger partial charge in [-0.2, -0.15) is 0 Å². The molecule has 0 aliphatic heterocycles. The molecule has 2 aromatic carbocycles. The molecule has 0 aromatic heterocycles. The van der Waals surface area contributed by atoms with E-state index >= 15 is 0 Å². The van der Waals surface area contributed by atoms with Crippen LogP contribution in [-0.4, -0.2) is 41.7 Å². The number of aliphatic imine (C=N–C) groups is 1. The van der Waals surface area contributed by atoms with Crippen LogP contribution < -0.4 is 22.1 Å². The van der Waals surface area contributed by atoms with Crippen LogP contribution in [0.4, 0.5) is 4.79 Å². The maximum absolute atomic E-state index is 13.1. The van der Waals surface area contributed by atoms with Crippen LogP contribution in [0.5, 0.6) is 0 Å². The van der Waals surface area contributed by atoms with Crippen LogP contribution in [0.15, 0.2) is 77.6 Å². The first-order valence-corrected chi connectivity index (χ1v) is 11.0. The zero-order chi connectivity index (χ0) is 25.5. The van der Waals surface area contributed by atoms with Gasteiger partial charge in [0.15, 0.2) is 10.9 Å². The lowest BCUT2D eigenvalue weighted by molar-refractivity contribution is -0.123. The maximum atomic E-state index is 13.1. The van der Waals surface area contributed by atoms with Crippen LogP contribution >= 0.6 is 0 Å². The Morgan fingerprint density at radius 3 is 2.26 bits per heavy atom.